The van der Waals surface area contributed by atoms with Crippen molar-refractivity contribution in [3.63, 3.8) is 0 Å². The minimum absolute atomic E-state index is 0.724. The first-order chi connectivity index (χ1) is 14.7. The first kappa shape index (κ1) is 19.2. The number of hydrogen-bond acceptors (Lipinski definition) is 4. The highest BCUT2D eigenvalue weighted by Crippen LogP contribution is 2.24. The number of nitrogens with zero attached hydrogens (tertiary/aromatic N) is 5. The van der Waals surface area contributed by atoms with Crippen LogP contribution >= 0.6 is 11.6 Å². The molecule has 5 rings (SSSR count). The number of fused-ring (bicyclic) bond motifs is 2. The highest BCUT2D eigenvalue weighted by molar-refractivity contribution is 6.30. The van der Waals surface area contributed by atoms with E-state index in [0.717, 1.165) is 72.5 Å². The van der Waals surface area contributed by atoms with Gasteiger partial charge in [0.15, 0.2) is 5.82 Å². The van der Waals surface area contributed by atoms with E-state index >= 15 is 0 Å². The molecular formula is C24H24ClN5. The Labute approximate surface area is 181 Å². The van der Waals surface area contributed by atoms with E-state index in [2.05, 4.69) is 45.6 Å². The lowest BCUT2D eigenvalue weighted by Gasteiger charge is -2.28. The van der Waals surface area contributed by atoms with Crippen LogP contribution in [0.3, 0.4) is 0 Å². The van der Waals surface area contributed by atoms with Crippen LogP contribution in [0.2, 0.25) is 5.02 Å². The smallest absolute Gasteiger partial charge is 0.159 e. The number of benzene rings is 2. The molecule has 3 heterocycles. The third-order valence-electron chi connectivity index (χ3n) is 5.66. The van der Waals surface area contributed by atoms with E-state index in [1.165, 1.54) is 11.1 Å². The summed E-state index contributed by atoms with van der Waals surface area (Å²) in [4.78, 5) is 16.8. The quantitative estimate of drug-likeness (QED) is 0.452. The monoisotopic (exact) mass is 417 g/mol. The van der Waals surface area contributed by atoms with Crippen molar-refractivity contribution in [3.8, 4) is 11.4 Å². The van der Waals surface area contributed by atoms with Crippen LogP contribution < -0.4 is 0 Å². The molecule has 152 valence electrons. The second-order valence-electron chi connectivity index (χ2n) is 7.80. The Morgan fingerprint density at radius 2 is 1.87 bits per heavy atom. The number of rotatable bonds is 5. The van der Waals surface area contributed by atoms with Gasteiger partial charge in [-0.3, -0.25) is 4.90 Å². The largest absolute Gasteiger partial charge is 0.327 e. The summed E-state index contributed by atoms with van der Waals surface area (Å²) in [5, 5.41) is 0.724. The predicted molar refractivity (Wildman–Crippen MR) is 120 cm³/mol. The summed E-state index contributed by atoms with van der Waals surface area (Å²) in [5.74, 6) is 1.91. The third-order valence-corrected chi connectivity index (χ3v) is 5.91. The molecule has 2 aromatic heterocycles. The Hall–Kier alpha value is -2.76. The number of para-hydroxylation sites is 2. The Balaban J connectivity index is 1.37. The van der Waals surface area contributed by atoms with E-state index in [-0.39, 0.29) is 0 Å². The molecule has 0 spiro atoms. The number of aryl methyl sites for hydroxylation is 1. The highest BCUT2D eigenvalue weighted by Gasteiger charge is 2.21. The Bertz CT molecular complexity index is 1180. The molecule has 6 heteroatoms. The Morgan fingerprint density at radius 3 is 2.70 bits per heavy atom. The third kappa shape index (κ3) is 3.71. The maximum atomic E-state index is 6.00. The highest BCUT2D eigenvalue weighted by atomic mass is 35.5. The summed E-state index contributed by atoms with van der Waals surface area (Å²) in [6.07, 6.45) is 4.00. The van der Waals surface area contributed by atoms with Crippen molar-refractivity contribution in [1.29, 1.82) is 0 Å². The molecule has 1 aliphatic heterocycles. The van der Waals surface area contributed by atoms with Gasteiger partial charge in [0.2, 0.25) is 0 Å². The van der Waals surface area contributed by atoms with Crippen molar-refractivity contribution < 1.29 is 0 Å². The van der Waals surface area contributed by atoms with Gasteiger partial charge in [0.25, 0.3) is 0 Å². The van der Waals surface area contributed by atoms with Gasteiger partial charge in [-0.1, -0.05) is 30.7 Å². The van der Waals surface area contributed by atoms with Gasteiger partial charge in [0.05, 0.1) is 23.3 Å². The van der Waals surface area contributed by atoms with E-state index < -0.39 is 0 Å². The minimum Gasteiger partial charge on any atom is -0.327 e. The van der Waals surface area contributed by atoms with Crippen LogP contribution in [0, 0.1) is 0 Å². The van der Waals surface area contributed by atoms with Gasteiger partial charge in [-0.05, 0) is 42.8 Å². The van der Waals surface area contributed by atoms with Crippen LogP contribution in [0.25, 0.3) is 22.4 Å². The summed E-state index contributed by atoms with van der Waals surface area (Å²) < 4.78 is 2.37. The maximum absolute atomic E-state index is 6.00. The Morgan fingerprint density at radius 1 is 1.03 bits per heavy atom. The number of aromatic nitrogens is 4. The molecular weight excluding hydrogens is 394 g/mol. The molecule has 0 radical (unpaired) electrons. The van der Waals surface area contributed by atoms with E-state index in [1.54, 1.807) is 0 Å². The van der Waals surface area contributed by atoms with Gasteiger partial charge >= 0.3 is 0 Å². The fraction of sp³-hybridized carbons (Fsp3) is 0.292. The predicted octanol–water partition coefficient (Wildman–Crippen LogP) is 5.12. The van der Waals surface area contributed by atoms with Crippen molar-refractivity contribution in [1.82, 2.24) is 24.4 Å². The number of hydrogen-bond donors (Lipinski definition) is 0. The molecule has 0 aliphatic carbocycles. The summed E-state index contributed by atoms with van der Waals surface area (Å²) >= 11 is 6.00. The average molecular weight is 418 g/mol. The molecule has 0 amide bonds. The van der Waals surface area contributed by atoms with Gasteiger partial charge in [-0.15, -0.1) is 0 Å². The van der Waals surface area contributed by atoms with E-state index in [9.17, 15) is 0 Å². The number of imidazole rings is 1. The van der Waals surface area contributed by atoms with Gasteiger partial charge in [-0.25, -0.2) is 15.0 Å². The van der Waals surface area contributed by atoms with Gasteiger partial charge < -0.3 is 4.57 Å². The average Bonchev–Trinajstić information content (AvgIpc) is 3.11. The molecule has 1 aliphatic rings. The molecule has 30 heavy (non-hydrogen) atoms. The molecule has 0 unspecified atom stereocenters. The second kappa shape index (κ2) is 8.17. The van der Waals surface area contributed by atoms with Crippen molar-refractivity contribution >= 4 is 22.6 Å². The zero-order chi connectivity index (χ0) is 20.5. The summed E-state index contributed by atoms with van der Waals surface area (Å²) in [7, 11) is 0. The lowest BCUT2D eigenvalue weighted by Crippen LogP contribution is -2.32. The topological polar surface area (TPSA) is 46.8 Å². The standard InChI is InChI=1S/C24H24ClN5/c1-2-12-30-22-6-4-3-5-21(22)27-23(30)16-29-13-11-20-18(15-29)14-26-24(28-20)17-7-9-19(25)10-8-17/h3-10,14H,2,11-13,15-16H2,1H3. The van der Waals surface area contributed by atoms with E-state index in [4.69, 9.17) is 21.6 Å². The first-order valence-electron chi connectivity index (χ1n) is 10.5. The fourth-order valence-electron chi connectivity index (χ4n) is 4.17. The molecule has 5 nitrogen and oxygen atoms in total. The number of halogens is 1. The molecule has 0 saturated heterocycles. The second-order valence-corrected chi connectivity index (χ2v) is 8.24. The fourth-order valence-corrected chi connectivity index (χ4v) is 4.29. The van der Waals surface area contributed by atoms with Gasteiger partial charge in [0.1, 0.15) is 5.82 Å². The van der Waals surface area contributed by atoms with Crippen molar-refractivity contribution in [3.05, 3.63) is 76.8 Å². The van der Waals surface area contributed by atoms with Crippen LogP contribution in [0.1, 0.15) is 30.4 Å². The van der Waals surface area contributed by atoms with Crippen molar-refractivity contribution in [2.24, 2.45) is 0 Å². The van der Waals surface area contributed by atoms with Crippen LogP contribution in [0.4, 0.5) is 0 Å². The van der Waals surface area contributed by atoms with Crippen LogP contribution in [-0.4, -0.2) is 31.0 Å². The summed E-state index contributed by atoms with van der Waals surface area (Å²) in [5.41, 5.74) is 5.65. The van der Waals surface area contributed by atoms with Gasteiger partial charge in [-0.2, -0.15) is 0 Å². The van der Waals surface area contributed by atoms with Crippen molar-refractivity contribution in [2.75, 3.05) is 6.54 Å². The summed E-state index contributed by atoms with van der Waals surface area (Å²) in [6.45, 7) is 5.87. The van der Waals surface area contributed by atoms with Crippen LogP contribution in [0.5, 0.6) is 0 Å². The molecule has 0 bridgehead atoms. The van der Waals surface area contributed by atoms with Crippen LogP contribution in [0.15, 0.2) is 54.7 Å². The molecule has 2 aromatic carbocycles. The zero-order valence-corrected chi connectivity index (χ0v) is 17.8. The zero-order valence-electron chi connectivity index (χ0n) is 17.1. The van der Waals surface area contributed by atoms with Crippen molar-refractivity contribution in [2.45, 2.75) is 39.4 Å². The van der Waals surface area contributed by atoms with Crippen LogP contribution in [-0.2, 0) is 26.1 Å². The Kier molecular flexibility index (Phi) is 5.23. The lowest BCUT2D eigenvalue weighted by atomic mass is 10.1. The lowest BCUT2D eigenvalue weighted by molar-refractivity contribution is 0.234. The molecule has 4 aromatic rings. The normalized spacial score (nSPS) is 14.2. The molecule has 0 atom stereocenters. The van der Waals surface area contributed by atoms with E-state index in [1.807, 2.05) is 30.5 Å². The molecule has 0 N–H and O–H groups in total. The minimum atomic E-state index is 0.724. The SMILES string of the molecule is CCCn1c(CN2CCc3nc(-c4ccc(Cl)cc4)ncc3C2)nc2ccccc21. The van der Waals surface area contributed by atoms with E-state index in [0.29, 0.717) is 0 Å². The summed E-state index contributed by atoms with van der Waals surface area (Å²) in [6, 6.07) is 16.1. The van der Waals surface area contributed by atoms with Gasteiger partial charge in [0, 0.05) is 48.4 Å². The maximum Gasteiger partial charge on any atom is 0.159 e. The molecule has 0 fully saturated rings. The molecule has 0 saturated carbocycles. The first-order valence-corrected chi connectivity index (χ1v) is 10.9.